The van der Waals surface area contributed by atoms with Crippen molar-refractivity contribution < 1.29 is 19.1 Å². The number of urea groups is 1. The van der Waals surface area contributed by atoms with Gasteiger partial charge in [-0.25, -0.2) is 4.79 Å². The van der Waals surface area contributed by atoms with Crippen molar-refractivity contribution in [2.24, 2.45) is 0 Å². The van der Waals surface area contributed by atoms with Gasteiger partial charge in [0.05, 0.1) is 13.2 Å². The zero-order chi connectivity index (χ0) is 17.4. The Morgan fingerprint density at radius 2 is 1.96 bits per heavy atom. The summed E-state index contributed by atoms with van der Waals surface area (Å²) in [6.45, 7) is 1.76. The van der Waals surface area contributed by atoms with Crippen LogP contribution >= 0.6 is 0 Å². The number of aryl methyl sites for hydroxylation is 1. The molecule has 132 valence electrons. The highest BCUT2D eigenvalue weighted by Gasteiger charge is 2.54. The van der Waals surface area contributed by atoms with Gasteiger partial charge in [0.15, 0.2) is 0 Å². The molecule has 7 nitrogen and oxygen atoms in total. The Balaban J connectivity index is 1.58. The molecule has 0 bridgehead atoms. The Morgan fingerprint density at radius 3 is 2.76 bits per heavy atom. The molecule has 1 unspecified atom stereocenters. The molecule has 25 heavy (non-hydrogen) atoms. The van der Waals surface area contributed by atoms with Crippen LogP contribution in [0.15, 0.2) is 24.3 Å². The summed E-state index contributed by atoms with van der Waals surface area (Å²) in [4.78, 5) is 40.8. The van der Waals surface area contributed by atoms with Crippen LogP contribution in [-0.2, 0) is 26.3 Å². The molecule has 2 heterocycles. The number of carbonyl (C=O) groups is 3. The minimum atomic E-state index is -1.02. The highest BCUT2D eigenvalue weighted by atomic mass is 16.5. The minimum Gasteiger partial charge on any atom is -0.378 e. The van der Waals surface area contributed by atoms with E-state index in [1.165, 1.54) is 0 Å². The van der Waals surface area contributed by atoms with E-state index in [0.717, 1.165) is 28.9 Å². The molecule has 1 spiro atoms. The number of morpholine rings is 1. The van der Waals surface area contributed by atoms with Gasteiger partial charge in [-0.05, 0) is 30.4 Å². The molecule has 1 atom stereocenters. The standard InChI is InChI=1S/C18H21N3O4/c22-15(20-8-10-25-11-9-20)12-21-16(23)18(19-17(21)24)7-3-5-13-4-1-2-6-14(13)18/h1-2,4,6H,3,5,7-12H2,(H,19,24). The first-order valence-corrected chi connectivity index (χ1v) is 8.70. The molecule has 4 rings (SSSR count). The number of nitrogens with one attached hydrogen (secondary N) is 1. The summed E-state index contributed by atoms with van der Waals surface area (Å²) in [5.74, 6) is -0.529. The van der Waals surface area contributed by atoms with Crippen LogP contribution in [0.4, 0.5) is 4.79 Å². The Hall–Kier alpha value is -2.41. The average Bonchev–Trinajstić information content (AvgIpc) is 2.88. The summed E-state index contributed by atoms with van der Waals surface area (Å²) in [7, 11) is 0. The highest BCUT2D eigenvalue weighted by Crippen LogP contribution is 2.39. The summed E-state index contributed by atoms with van der Waals surface area (Å²) in [6.07, 6.45) is 2.29. The van der Waals surface area contributed by atoms with Gasteiger partial charge in [0, 0.05) is 13.1 Å². The van der Waals surface area contributed by atoms with E-state index in [1.54, 1.807) is 4.90 Å². The first-order valence-electron chi connectivity index (χ1n) is 8.70. The molecular weight excluding hydrogens is 322 g/mol. The van der Waals surface area contributed by atoms with Crippen LogP contribution in [0.2, 0.25) is 0 Å². The lowest BCUT2D eigenvalue weighted by Crippen LogP contribution is -2.49. The van der Waals surface area contributed by atoms with Crippen molar-refractivity contribution in [3.63, 3.8) is 0 Å². The third-order valence-corrected chi connectivity index (χ3v) is 5.31. The van der Waals surface area contributed by atoms with E-state index in [-0.39, 0.29) is 18.4 Å². The van der Waals surface area contributed by atoms with Gasteiger partial charge in [-0.1, -0.05) is 24.3 Å². The van der Waals surface area contributed by atoms with Crippen molar-refractivity contribution >= 4 is 17.8 Å². The summed E-state index contributed by atoms with van der Waals surface area (Å²) >= 11 is 0. The molecular formula is C18H21N3O4. The molecule has 2 aliphatic heterocycles. The Kier molecular flexibility index (Phi) is 3.95. The van der Waals surface area contributed by atoms with Gasteiger partial charge in [0.25, 0.3) is 5.91 Å². The van der Waals surface area contributed by atoms with Gasteiger partial charge in [-0.15, -0.1) is 0 Å². The van der Waals surface area contributed by atoms with Crippen LogP contribution in [0.3, 0.4) is 0 Å². The Bertz CT molecular complexity index is 729. The van der Waals surface area contributed by atoms with E-state index in [4.69, 9.17) is 4.74 Å². The van der Waals surface area contributed by atoms with Crippen LogP contribution < -0.4 is 5.32 Å². The molecule has 1 aromatic rings. The number of benzene rings is 1. The second-order valence-electron chi connectivity index (χ2n) is 6.73. The number of imide groups is 1. The zero-order valence-electron chi connectivity index (χ0n) is 14.0. The SMILES string of the molecule is O=C(CN1C(=O)NC2(CCCc3ccccc32)C1=O)N1CCOCC1. The van der Waals surface area contributed by atoms with Gasteiger partial charge in [-0.3, -0.25) is 14.5 Å². The lowest BCUT2D eigenvalue weighted by molar-refractivity contribution is -0.141. The van der Waals surface area contributed by atoms with Crippen molar-refractivity contribution in [3.8, 4) is 0 Å². The second kappa shape index (κ2) is 6.15. The minimum absolute atomic E-state index is 0.214. The first-order chi connectivity index (χ1) is 12.1. The maximum Gasteiger partial charge on any atom is 0.325 e. The molecule has 7 heteroatoms. The lowest BCUT2D eigenvalue weighted by atomic mass is 9.76. The number of hydrogen-bond acceptors (Lipinski definition) is 4. The average molecular weight is 343 g/mol. The van der Waals surface area contributed by atoms with E-state index >= 15 is 0 Å². The lowest BCUT2D eigenvalue weighted by Gasteiger charge is -2.33. The number of fused-ring (bicyclic) bond motifs is 2. The largest absolute Gasteiger partial charge is 0.378 e. The highest BCUT2D eigenvalue weighted by molar-refractivity contribution is 6.09. The molecule has 3 aliphatic rings. The number of ether oxygens (including phenoxy) is 1. The van der Waals surface area contributed by atoms with E-state index < -0.39 is 11.6 Å². The Morgan fingerprint density at radius 1 is 1.20 bits per heavy atom. The fraction of sp³-hybridized carbons (Fsp3) is 0.500. The molecule has 2 saturated heterocycles. The van der Waals surface area contributed by atoms with Crippen LogP contribution in [0.5, 0.6) is 0 Å². The first kappa shape index (κ1) is 16.1. The third kappa shape index (κ3) is 2.59. The van der Waals surface area contributed by atoms with Crippen LogP contribution in [0, 0.1) is 0 Å². The van der Waals surface area contributed by atoms with E-state index in [0.29, 0.717) is 32.7 Å². The summed E-state index contributed by atoms with van der Waals surface area (Å²) in [5, 5.41) is 2.88. The van der Waals surface area contributed by atoms with E-state index in [2.05, 4.69) is 5.32 Å². The normalized spacial score (nSPS) is 25.9. The summed E-state index contributed by atoms with van der Waals surface area (Å²) < 4.78 is 5.24. The van der Waals surface area contributed by atoms with Crippen molar-refractivity contribution in [2.75, 3.05) is 32.8 Å². The van der Waals surface area contributed by atoms with Gasteiger partial charge >= 0.3 is 6.03 Å². The molecule has 0 saturated carbocycles. The van der Waals surface area contributed by atoms with Crippen LogP contribution in [-0.4, -0.2) is 60.5 Å². The van der Waals surface area contributed by atoms with Crippen molar-refractivity contribution in [2.45, 2.75) is 24.8 Å². The topological polar surface area (TPSA) is 79.0 Å². The van der Waals surface area contributed by atoms with Gasteiger partial charge in [0.1, 0.15) is 12.1 Å². The molecule has 0 radical (unpaired) electrons. The fourth-order valence-corrected chi connectivity index (χ4v) is 4.00. The molecule has 2 fully saturated rings. The molecule has 1 aliphatic carbocycles. The molecule has 0 aromatic heterocycles. The van der Waals surface area contributed by atoms with E-state index in [9.17, 15) is 14.4 Å². The Labute approximate surface area is 145 Å². The number of nitrogens with zero attached hydrogens (tertiary/aromatic N) is 2. The van der Waals surface area contributed by atoms with Crippen LogP contribution in [0.25, 0.3) is 0 Å². The number of carbonyl (C=O) groups excluding carboxylic acids is 3. The quantitative estimate of drug-likeness (QED) is 0.799. The number of amides is 4. The molecule has 1 aromatic carbocycles. The maximum absolute atomic E-state index is 13.1. The monoisotopic (exact) mass is 343 g/mol. The molecule has 1 N–H and O–H groups in total. The third-order valence-electron chi connectivity index (χ3n) is 5.31. The predicted molar refractivity (Wildman–Crippen MR) is 88.7 cm³/mol. The smallest absolute Gasteiger partial charge is 0.325 e. The maximum atomic E-state index is 13.1. The predicted octanol–water partition coefficient (Wildman–Crippen LogP) is 0.629. The van der Waals surface area contributed by atoms with Gasteiger partial charge in [-0.2, -0.15) is 0 Å². The van der Waals surface area contributed by atoms with E-state index in [1.807, 2.05) is 24.3 Å². The fourth-order valence-electron chi connectivity index (χ4n) is 4.00. The summed E-state index contributed by atoms with van der Waals surface area (Å²) in [6, 6.07) is 7.24. The van der Waals surface area contributed by atoms with Gasteiger partial charge in [0.2, 0.25) is 5.91 Å². The van der Waals surface area contributed by atoms with Gasteiger partial charge < -0.3 is 15.0 Å². The van der Waals surface area contributed by atoms with Crippen LogP contribution in [0.1, 0.15) is 24.0 Å². The number of rotatable bonds is 2. The number of hydrogen-bond donors (Lipinski definition) is 1. The molecule has 4 amide bonds. The summed E-state index contributed by atoms with van der Waals surface area (Å²) in [5.41, 5.74) is 0.932. The zero-order valence-corrected chi connectivity index (χ0v) is 14.0. The van der Waals surface area contributed by atoms with Crippen molar-refractivity contribution in [1.82, 2.24) is 15.1 Å². The van der Waals surface area contributed by atoms with Crippen molar-refractivity contribution in [3.05, 3.63) is 35.4 Å². The second-order valence-corrected chi connectivity index (χ2v) is 6.73. The van der Waals surface area contributed by atoms with Crippen molar-refractivity contribution in [1.29, 1.82) is 0 Å².